The van der Waals surface area contributed by atoms with Gasteiger partial charge in [0, 0.05) is 21.6 Å². The molecule has 1 nitrogen and oxygen atoms in total. The minimum Gasteiger partial charge on any atom is -0.254 e. The Morgan fingerprint density at radius 3 is 2.10 bits per heavy atom. The molecule has 0 saturated heterocycles. The Bertz CT molecular complexity index is 783. The van der Waals surface area contributed by atoms with E-state index in [4.69, 9.17) is 0 Å². The van der Waals surface area contributed by atoms with E-state index in [-0.39, 0.29) is 5.41 Å². The predicted molar refractivity (Wildman–Crippen MR) is 93.6 cm³/mol. The number of benzene rings is 2. The van der Waals surface area contributed by atoms with Crippen molar-refractivity contribution < 1.29 is 0 Å². The van der Waals surface area contributed by atoms with Crippen molar-refractivity contribution in [1.29, 1.82) is 0 Å². The van der Waals surface area contributed by atoms with E-state index in [0.29, 0.717) is 0 Å². The third-order valence-corrected chi connectivity index (χ3v) is 4.40. The molecule has 3 rings (SSSR count). The lowest BCUT2D eigenvalue weighted by Gasteiger charge is -2.19. The third-order valence-electron chi connectivity index (χ3n) is 3.77. The smallest absolute Gasteiger partial charge is 0.0781 e. The van der Waals surface area contributed by atoms with Crippen LogP contribution in [0.15, 0.2) is 59.2 Å². The number of nitrogens with zero attached hydrogens (tertiary/aromatic N) is 1. The molecule has 0 atom stereocenters. The van der Waals surface area contributed by atoms with Gasteiger partial charge in [-0.2, -0.15) is 0 Å². The van der Waals surface area contributed by atoms with Crippen molar-refractivity contribution in [2.45, 2.75) is 26.2 Å². The highest BCUT2D eigenvalue weighted by atomic mass is 79.9. The molecule has 0 aliphatic carbocycles. The van der Waals surface area contributed by atoms with Gasteiger partial charge in [-0.05, 0) is 32.3 Å². The maximum Gasteiger partial charge on any atom is 0.0781 e. The molecule has 0 aliphatic heterocycles. The van der Waals surface area contributed by atoms with Gasteiger partial charge in [0.25, 0.3) is 0 Å². The van der Waals surface area contributed by atoms with E-state index in [1.807, 2.05) is 6.20 Å². The number of fused-ring (bicyclic) bond motifs is 1. The second kappa shape index (κ2) is 5.27. The maximum absolute atomic E-state index is 4.62. The quantitative estimate of drug-likeness (QED) is 0.532. The lowest BCUT2D eigenvalue weighted by atomic mass is 9.86. The minimum absolute atomic E-state index is 0.174. The summed E-state index contributed by atoms with van der Waals surface area (Å²) < 4.78 is 1.04. The van der Waals surface area contributed by atoms with E-state index < -0.39 is 0 Å². The number of halogens is 1. The SMILES string of the molecule is CC(C)(C)c1ccc(-c2ncc(Br)c3ccccc23)cc1. The van der Waals surface area contributed by atoms with Crippen LogP contribution in [0.25, 0.3) is 22.0 Å². The second-order valence-corrected chi connectivity index (χ2v) is 7.18. The normalized spacial score (nSPS) is 11.8. The standard InChI is InChI=1S/C19H18BrN/c1-19(2,3)14-10-8-13(9-11-14)18-16-7-5-4-6-15(16)17(20)12-21-18/h4-12H,1-3H3. The predicted octanol–water partition coefficient (Wildman–Crippen LogP) is 5.96. The molecule has 0 amide bonds. The van der Waals surface area contributed by atoms with Crippen molar-refractivity contribution in [3.8, 4) is 11.3 Å². The topological polar surface area (TPSA) is 12.9 Å². The van der Waals surface area contributed by atoms with Crippen LogP contribution in [0.4, 0.5) is 0 Å². The monoisotopic (exact) mass is 339 g/mol. The molecule has 2 heteroatoms. The van der Waals surface area contributed by atoms with Gasteiger partial charge in [0.1, 0.15) is 0 Å². The molecule has 0 saturated carbocycles. The van der Waals surface area contributed by atoms with Gasteiger partial charge in [0.2, 0.25) is 0 Å². The molecular weight excluding hydrogens is 322 g/mol. The summed E-state index contributed by atoms with van der Waals surface area (Å²) in [5.74, 6) is 0. The number of hydrogen-bond acceptors (Lipinski definition) is 1. The van der Waals surface area contributed by atoms with Gasteiger partial charge in [-0.15, -0.1) is 0 Å². The van der Waals surface area contributed by atoms with Gasteiger partial charge in [0.15, 0.2) is 0 Å². The van der Waals surface area contributed by atoms with Crippen molar-refractivity contribution in [2.75, 3.05) is 0 Å². The summed E-state index contributed by atoms with van der Waals surface area (Å²) in [6.45, 7) is 6.69. The van der Waals surface area contributed by atoms with E-state index >= 15 is 0 Å². The first-order valence-corrected chi connectivity index (χ1v) is 7.90. The summed E-state index contributed by atoms with van der Waals surface area (Å²) in [5.41, 5.74) is 3.71. The van der Waals surface area contributed by atoms with E-state index in [9.17, 15) is 0 Å². The van der Waals surface area contributed by atoms with Gasteiger partial charge in [-0.25, -0.2) is 0 Å². The molecule has 0 N–H and O–H groups in total. The van der Waals surface area contributed by atoms with E-state index in [1.165, 1.54) is 16.3 Å². The molecule has 0 aliphatic rings. The average Bonchev–Trinajstić information content (AvgIpc) is 2.47. The summed E-state index contributed by atoms with van der Waals surface area (Å²) >= 11 is 3.58. The van der Waals surface area contributed by atoms with Gasteiger partial charge < -0.3 is 0 Å². The molecule has 106 valence electrons. The first-order valence-electron chi connectivity index (χ1n) is 7.11. The fourth-order valence-electron chi connectivity index (χ4n) is 2.52. The Morgan fingerprint density at radius 2 is 1.48 bits per heavy atom. The molecule has 3 aromatic rings. The van der Waals surface area contributed by atoms with Crippen LogP contribution in [0.1, 0.15) is 26.3 Å². The van der Waals surface area contributed by atoms with Crippen LogP contribution >= 0.6 is 15.9 Å². The minimum atomic E-state index is 0.174. The average molecular weight is 340 g/mol. The molecule has 1 heterocycles. The Hall–Kier alpha value is -1.67. The summed E-state index contributed by atoms with van der Waals surface area (Å²) in [7, 11) is 0. The third kappa shape index (κ3) is 2.73. The highest BCUT2D eigenvalue weighted by molar-refractivity contribution is 9.10. The van der Waals surface area contributed by atoms with Crippen LogP contribution in [0, 0.1) is 0 Å². The molecule has 0 fully saturated rings. The first kappa shape index (κ1) is 14.3. The van der Waals surface area contributed by atoms with Gasteiger partial charge in [-0.1, -0.05) is 69.3 Å². The number of aromatic nitrogens is 1. The molecular formula is C19H18BrN. The van der Waals surface area contributed by atoms with E-state index in [1.54, 1.807) is 0 Å². The summed E-state index contributed by atoms with van der Waals surface area (Å²) in [6.07, 6.45) is 1.88. The molecule has 0 bridgehead atoms. The van der Waals surface area contributed by atoms with Gasteiger partial charge >= 0.3 is 0 Å². The first-order chi connectivity index (χ1) is 9.97. The molecule has 0 radical (unpaired) electrons. The van der Waals surface area contributed by atoms with Crippen molar-refractivity contribution >= 4 is 26.7 Å². The summed E-state index contributed by atoms with van der Waals surface area (Å²) in [5, 5.41) is 2.37. The fraction of sp³-hybridized carbons (Fsp3) is 0.211. The van der Waals surface area contributed by atoms with E-state index in [0.717, 1.165) is 15.7 Å². The zero-order valence-electron chi connectivity index (χ0n) is 12.5. The zero-order chi connectivity index (χ0) is 15.0. The Labute approximate surface area is 134 Å². The Balaban J connectivity index is 2.15. The zero-order valence-corrected chi connectivity index (χ0v) is 14.1. The van der Waals surface area contributed by atoms with Crippen LogP contribution in [-0.2, 0) is 5.41 Å². The highest BCUT2D eigenvalue weighted by Gasteiger charge is 2.14. The Morgan fingerprint density at radius 1 is 0.857 bits per heavy atom. The lowest BCUT2D eigenvalue weighted by molar-refractivity contribution is 0.590. The lowest BCUT2D eigenvalue weighted by Crippen LogP contribution is -2.10. The molecule has 1 aromatic heterocycles. The van der Waals surface area contributed by atoms with Crippen LogP contribution in [0.2, 0.25) is 0 Å². The van der Waals surface area contributed by atoms with Crippen molar-refractivity contribution in [3.63, 3.8) is 0 Å². The number of hydrogen-bond donors (Lipinski definition) is 0. The van der Waals surface area contributed by atoms with Crippen molar-refractivity contribution in [2.24, 2.45) is 0 Å². The van der Waals surface area contributed by atoms with Gasteiger partial charge in [0.05, 0.1) is 5.69 Å². The van der Waals surface area contributed by atoms with E-state index in [2.05, 4.69) is 90.2 Å². The van der Waals surface area contributed by atoms with Gasteiger partial charge in [-0.3, -0.25) is 4.98 Å². The molecule has 2 aromatic carbocycles. The summed E-state index contributed by atoms with van der Waals surface area (Å²) in [4.78, 5) is 4.62. The molecule has 21 heavy (non-hydrogen) atoms. The van der Waals surface area contributed by atoms with Crippen LogP contribution in [-0.4, -0.2) is 4.98 Å². The molecule has 0 unspecified atom stereocenters. The number of rotatable bonds is 1. The van der Waals surface area contributed by atoms with Crippen LogP contribution in [0.3, 0.4) is 0 Å². The second-order valence-electron chi connectivity index (χ2n) is 6.33. The summed E-state index contributed by atoms with van der Waals surface area (Å²) in [6, 6.07) is 17.1. The number of pyridine rings is 1. The highest BCUT2D eigenvalue weighted by Crippen LogP contribution is 2.32. The van der Waals surface area contributed by atoms with Crippen LogP contribution in [0.5, 0.6) is 0 Å². The molecule has 0 spiro atoms. The van der Waals surface area contributed by atoms with Crippen LogP contribution < -0.4 is 0 Å². The van der Waals surface area contributed by atoms with Crippen molar-refractivity contribution in [1.82, 2.24) is 4.98 Å². The maximum atomic E-state index is 4.62. The Kier molecular flexibility index (Phi) is 3.58. The largest absolute Gasteiger partial charge is 0.254 e. The van der Waals surface area contributed by atoms with Crippen molar-refractivity contribution in [3.05, 3.63) is 64.8 Å². The fourth-order valence-corrected chi connectivity index (χ4v) is 2.96.